The first-order valence-electron chi connectivity index (χ1n) is 9.02. The summed E-state index contributed by atoms with van der Waals surface area (Å²) in [5, 5.41) is 0. The van der Waals surface area contributed by atoms with Gasteiger partial charge in [0.15, 0.2) is 6.29 Å². The van der Waals surface area contributed by atoms with Gasteiger partial charge in [0.2, 0.25) is 0 Å². The number of pyridine rings is 1. The van der Waals surface area contributed by atoms with Gasteiger partial charge in [-0.1, -0.05) is 12.1 Å². The fourth-order valence-electron chi connectivity index (χ4n) is 3.42. The fourth-order valence-corrected chi connectivity index (χ4v) is 3.42. The minimum absolute atomic E-state index is 0.00348. The number of benzene rings is 1. The minimum atomic E-state index is -0.00382. The van der Waals surface area contributed by atoms with Crippen LogP contribution in [0.3, 0.4) is 0 Å². The lowest BCUT2D eigenvalue weighted by molar-refractivity contribution is 0.0526. The van der Waals surface area contributed by atoms with Crippen molar-refractivity contribution in [2.24, 2.45) is 0 Å². The minimum Gasteiger partial charge on any atom is -0.491 e. The van der Waals surface area contributed by atoms with Crippen LogP contribution in [-0.4, -0.2) is 41.3 Å². The van der Waals surface area contributed by atoms with Crippen LogP contribution in [0, 0.1) is 13.8 Å². The van der Waals surface area contributed by atoms with Crippen molar-refractivity contribution in [2.45, 2.75) is 39.2 Å². The van der Waals surface area contributed by atoms with Crippen LogP contribution < -0.4 is 4.74 Å². The third kappa shape index (κ3) is 3.77. The zero-order valence-corrected chi connectivity index (χ0v) is 15.3. The van der Waals surface area contributed by atoms with E-state index in [2.05, 4.69) is 4.98 Å². The molecule has 1 aliphatic rings. The van der Waals surface area contributed by atoms with Gasteiger partial charge in [-0.05, 0) is 56.9 Å². The van der Waals surface area contributed by atoms with Crippen LogP contribution in [0.15, 0.2) is 36.5 Å². The standard InChI is InChI=1S/C21H24N2O3/c1-15-7-5-10-20(19(15)13-24)26-14-17-8-3-4-12-23(17)21(25)18-9-6-11-22-16(18)2/h5-7,9-11,13,17H,3-4,8,12,14H2,1-2H3/t17-/m0/s1. The SMILES string of the molecule is Cc1cccc(OC[C@@H]2CCCCN2C(=O)c2cccnc2C)c1C=O. The lowest BCUT2D eigenvalue weighted by Crippen LogP contribution is -2.47. The largest absolute Gasteiger partial charge is 0.491 e. The van der Waals surface area contributed by atoms with Gasteiger partial charge in [-0.3, -0.25) is 14.6 Å². The molecule has 0 saturated carbocycles. The first kappa shape index (κ1) is 18.1. The number of hydrogen-bond acceptors (Lipinski definition) is 4. The van der Waals surface area contributed by atoms with E-state index in [1.165, 1.54) is 0 Å². The van der Waals surface area contributed by atoms with Gasteiger partial charge >= 0.3 is 0 Å². The number of likely N-dealkylation sites (tertiary alicyclic amines) is 1. The van der Waals surface area contributed by atoms with E-state index in [1.54, 1.807) is 18.3 Å². The Morgan fingerprint density at radius 3 is 2.88 bits per heavy atom. The fraction of sp³-hybridized carbons (Fsp3) is 0.381. The van der Waals surface area contributed by atoms with Crippen molar-refractivity contribution in [1.82, 2.24) is 9.88 Å². The number of aldehydes is 1. The summed E-state index contributed by atoms with van der Waals surface area (Å²) in [5.74, 6) is 0.583. The highest BCUT2D eigenvalue weighted by molar-refractivity contribution is 5.95. The summed E-state index contributed by atoms with van der Waals surface area (Å²) in [6.45, 7) is 4.84. The molecular weight excluding hydrogens is 328 g/mol. The molecular formula is C21H24N2O3. The Labute approximate surface area is 154 Å². The second-order valence-electron chi connectivity index (χ2n) is 6.70. The van der Waals surface area contributed by atoms with Crippen LogP contribution in [-0.2, 0) is 0 Å². The smallest absolute Gasteiger partial charge is 0.256 e. The van der Waals surface area contributed by atoms with Crippen molar-refractivity contribution in [3.05, 3.63) is 58.9 Å². The summed E-state index contributed by atoms with van der Waals surface area (Å²) < 4.78 is 5.95. The monoisotopic (exact) mass is 352 g/mol. The Balaban J connectivity index is 1.76. The van der Waals surface area contributed by atoms with Crippen molar-refractivity contribution < 1.29 is 14.3 Å². The summed E-state index contributed by atoms with van der Waals surface area (Å²) >= 11 is 0. The maximum atomic E-state index is 13.0. The summed E-state index contributed by atoms with van der Waals surface area (Å²) in [5.41, 5.74) is 2.84. The van der Waals surface area contributed by atoms with Crippen molar-refractivity contribution in [3.63, 3.8) is 0 Å². The second-order valence-corrected chi connectivity index (χ2v) is 6.70. The van der Waals surface area contributed by atoms with E-state index >= 15 is 0 Å². The van der Waals surface area contributed by atoms with Crippen LogP contribution >= 0.6 is 0 Å². The number of nitrogens with zero attached hydrogens (tertiary/aromatic N) is 2. The first-order valence-corrected chi connectivity index (χ1v) is 9.02. The molecule has 2 heterocycles. The van der Waals surface area contributed by atoms with Gasteiger partial charge in [0.1, 0.15) is 12.4 Å². The van der Waals surface area contributed by atoms with Crippen molar-refractivity contribution >= 4 is 12.2 Å². The zero-order valence-electron chi connectivity index (χ0n) is 15.3. The predicted molar refractivity (Wildman–Crippen MR) is 99.7 cm³/mol. The maximum Gasteiger partial charge on any atom is 0.256 e. The Morgan fingerprint density at radius 1 is 1.27 bits per heavy atom. The Morgan fingerprint density at radius 2 is 2.12 bits per heavy atom. The molecule has 0 N–H and O–H groups in total. The number of aromatic nitrogens is 1. The predicted octanol–water partition coefficient (Wildman–Crippen LogP) is 3.58. The number of carbonyl (C=O) groups excluding carboxylic acids is 2. The Hall–Kier alpha value is -2.69. The van der Waals surface area contributed by atoms with E-state index in [1.807, 2.05) is 36.9 Å². The molecule has 3 rings (SSSR count). The number of rotatable bonds is 5. The number of piperidine rings is 1. The van der Waals surface area contributed by atoms with Gasteiger partial charge in [0.25, 0.3) is 5.91 Å². The summed E-state index contributed by atoms with van der Waals surface area (Å²) in [6, 6.07) is 9.17. The van der Waals surface area contributed by atoms with Crippen LogP contribution in [0.1, 0.15) is 51.2 Å². The van der Waals surface area contributed by atoms with Gasteiger partial charge < -0.3 is 9.64 Å². The molecule has 1 saturated heterocycles. The van der Waals surface area contributed by atoms with Crippen molar-refractivity contribution in [2.75, 3.05) is 13.2 Å². The van der Waals surface area contributed by atoms with E-state index in [9.17, 15) is 9.59 Å². The van der Waals surface area contributed by atoms with Crippen molar-refractivity contribution in [3.8, 4) is 5.75 Å². The van der Waals surface area contributed by atoms with Crippen LogP contribution in [0.25, 0.3) is 0 Å². The molecule has 0 bridgehead atoms. The summed E-state index contributed by atoms with van der Waals surface area (Å²) in [7, 11) is 0. The molecule has 5 heteroatoms. The zero-order chi connectivity index (χ0) is 18.5. The van der Waals surface area contributed by atoms with E-state index in [4.69, 9.17) is 4.74 Å². The van der Waals surface area contributed by atoms with Gasteiger partial charge in [0, 0.05) is 18.4 Å². The van der Waals surface area contributed by atoms with Crippen LogP contribution in [0.5, 0.6) is 5.75 Å². The lowest BCUT2D eigenvalue weighted by atomic mass is 10.0. The van der Waals surface area contributed by atoms with Crippen LogP contribution in [0.4, 0.5) is 0 Å². The molecule has 136 valence electrons. The maximum absolute atomic E-state index is 13.0. The third-order valence-electron chi connectivity index (χ3n) is 4.96. The molecule has 0 radical (unpaired) electrons. The number of ether oxygens (including phenoxy) is 1. The molecule has 1 atom stereocenters. The number of carbonyl (C=O) groups is 2. The Bertz CT molecular complexity index is 804. The second kappa shape index (κ2) is 8.13. The molecule has 0 unspecified atom stereocenters. The van der Waals surface area contributed by atoms with Gasteiger partial charge in [-0.2, -0.15) is 0 Å². The summed E-state index contributed by atoms with van der Waals surface area (Å²) in [4.78, 5) is 30.5. The summed E-state index contributed by atoms with van der Waals surface area (Å²) in [6.07, 6.45) is 5.48. The van der Waals surface area contributed by atoms with Gasteiger partial charge in [-0.15, -0.1) is 0 Å². The van der Waals surface area contributed by atoms with Gasteiger partial charge in [0.05, 0.1) is 17.2 Å². The van der Waals surface area contributed by atoms with Crippen molar-refractivity contribution in [1.29, 1.82) is 0 Å². The molecule has 5 nitrogen and oxygen atoms in total. The lowest BCUT2D eigenvalue weighted by Gasteiger charge is -2.36. The molecule has 1 aromatic carbocycles. The topological polar surface area (TPSA) is 59.5 Å². The molecule has 26 heavy (non-hydrogen) atoms. The third-order valence-corrected chi connectivity index (χ3v) is 4.96. The highest BCUT2D eigenvalue weighted by Crippen LogP contribution is 2.24. The van der Waals surface area contributed by atoms with E-state index in [-0.39, 0.29) is 11.9 Å². The highest BCUT2D eigenvalue weighted by atomic mass is 16.5. The molecule has 0 aliphatic carbocycles. The molecule has 0 spiro atoms. The first-order chi connectivity index (χ1) is 12.6. The average molecular weight is 352 g/mol. The number of amides is 1. The Kier molecular flexibility index (Phi) is 5.66. The highest BCUT2D eigenvalue weighted by Gasteiger charge is 2.29. The molecule has 2 aromatic rings. The number of hydrogen-bond donors (Lipinski definition) is 0. The molecule has 1 amide bonds. The molecule has 1 aromatic heterocycles. The quantitative estimate of drug-likeness (QED) is 0.772. The van der Waals surface area contributed by atoms with E-state index < -0.39 is 0 Å². The average Bonchev–Trinajstić information content (AvgIpc) is 2.66. The van der Waals surface area contributed by atoms with Gasteiger partial charge in [-0.25, -0.2) is 0 Å². The molecule has 1 aliphatic heterocycles. The normalized spacial score (nSPS) is 17.0. The van der Waals surface area contributed by atoms with E-state index in [0.717, 1.165) is 43.4 Å². The number of aryl methyl sites for hydroxylation is 2. The molecule has 1 fully saturated rings. The van der Waals surface area contributed by atoms with Crippen LogP contribution in [0.2, 0.25) is 0 Å². The van der Waals surface area contributed by atoms with E-state index in [0.29, 0.717) is 23.5 Å².